The van der Waals surface area contributed by atoms with Gasteiger partial charge in [0.25, 0.3) is 0 Å². The third-order valence-electron chi connectivity index (χ3n) is 8.70. The maximum Gasteiger partial charge on any atom is 0.139 e. The Kier molecular flexibility index (Phi) is 3.31. The number of hydrogen-bond acceptors (Lipinski definition) is 2. The molecule has 2 heteroatoms. The Morgan fingerprint density at radius 1 is 1.09 bits per heavy atom. The van der Waals surface area contributed by atoms with Crippen molar-refractivity contribution in [3.8, 4) is 12.3 Å². The highest BCUT2D eigenvalue weighted by Crippen LogP contribution is 2.66. The van der Waals surface area contributed by atoms with Crippen molar-refractivity contribution in [1.82, 2.24) is 0 Å². The molecule has 2 nitrogen and oxygen atoms in total. The molecule has 0 aliphatic heterocycles. The first-order chi connectivity index (χ1) is 10.8. The highest BCUT2D eigenvalue weighted by atomic mass is 16.3. The monoisotopic (exact) mass is 314 g/mol. The van der Waals surface area contributed by atoms with Crippen molar-refractivity contribution in [2.24, 2.45) is 34.5 Å². The molecule has 126 valence electrons. The Balaban J connectivity index is 1.62. The van der Waals surface area contributed by atoms with Gasteiger partial charge in [0.15, 0.2) is 0 Å². The highest BCUT2D eigenvalue weighted by molar-refractivity contribution is 5.87. The molecule has 0 aromatic carbocycles. The van der Waals surface area contributed by atoms with E-state index in [9.17, 15) is 9.90 Å². The maximum atomic E-state index is 12.4. The maximum absolute atomic E-state index is 12.4. The Labute approximate surface area is 140 Å². The Bertz CT molecular complexity index is 575. The lowest BCUT2D eigenvalue weighted by atomic mass is 9.44. The van der Waals surface area contributed by atoms with Crippen LogP contribution < -0.4 is 0 Å². The number of Topliss-reactive ketones (excluding diaryl/α,β-unsaturated/α-hetero) is 1. The van der Waals surface area contributed by atoms with Crippen LogP contribution in [0.4, 0.5) is 0 Å². The van der Waals surface area contributed by atoms with E-state index in [1.165, 1.54) is 19.3 Å². The summed E-state index contributed by atoms with van der Waals surface area (Å²) in [4.78, 5) is 12.4. The molecule has 0 spiro atoms. The Morgan fingerprint density at radius 2 is 1.87 bits per heavy atom. The third-order valence-corrected chi connectivity index (χ3v) is 8.70. The van der Waals surface area contributed by atoms with Crippen LogP contribution in [0.1, 0.15) is 71.6 Å². The van der Waals surface area contributed by atoms with Crippen LogP contribution in [0.15, 0.2) is 0 Å². The van der Waals surface area contributed by atoms with E-state index in [-0.39, 0.29) is 5.41 Å². The van der Waals surface area contributed by atoms with Gasteiger partial charge in [-0.3, -0.25) is 4.79 Å². The van der Waals surface area contributed by atoms with Crippen LogP contribution in [0.5, 0.6) is 0 Å². The van der Waals surface area contributed by atoms with Gasteiger partial charge >= 0.3 is 0 Å². The summed E-state index contributed by atoms with van der Waals surface area (Å²) in [6.45, 7) is 4.71. The standard InChI is InChI=1S/C21H30O2/c1-4-21(23)12-11-19(2)14(13-21)5-6-15-16-7-8-18(22)20(16,3)10-9-17(15)19/h1,14-17,23H,5-13H2,2-3H3/t14?,15-,16-,17-,19-,20-,21-/m0/s1. The van der Waals surface area contributed by atoms with Gasteiger partial charge in [0.2, 0.25) is 0 Å². The quantitative estimate of drug-likeness (QED) is 0.687. The lowest BCUT2D eigenvalue weighted by Crippen LogP contribution is -2.55. The summed E-state index contributed by atoms with van der Waals surface area (Å²) in [5, 5.41) is 10.6. The van der Waals surface area contributed by atoms with E-state index in [1.54, 1.807) is 0 Å². The number of carbonyl (C=O) groups excluding carboxylic acids is 1. The van der Waals surface area contributed by atoms with Crippen molar-refractivity contribution in [3.05, 3.63) is 0 Å². The second kappa shape index (κ2) is 4.85. The number of aliphatic hydroxyl groups is 1. The van der Waals surface area contributed by atoms with E-state index in [2.05, 4.69) is 19.8 Å². The second-order valence-electron chi connectivity index (χ2n) is 9.45. The fraction of sp³-hybridized carbons (Fsp3) is 0.857. The second-order valence-corrected chi connectivity index (χ2v) is 9.45. The van der Waals surface area contributed by atoms with Crippen molar-refractivity contribution < 1.29 is 9.90 Å². The molecule has 4 aliphatic rings. The van der Waals surface area contributed by atoms with Crippen LogP contribution in [0.25, 0.3) is 0 Å². The molecule has 4 aliphatic carbocycles. The first-order valence-electron chi connectivity index (χ1n) is 9.56. The summed E-state index contributed by atoms with van der Waals surface area (Å²) in [6, 6.07) is 0. The first-order valence-corrected chi connectivity index (χ1v) is 9.56. The van der Waals surface area contributed by atoms with Gasteiger partial charge in [-0.05, 0) is 80.5 Å². The van der Waals surface area contributed by atoms with Crippen LogP contribution in [0.2, 0.25) is 0 Å². The molecule has 7 atom stereocenters. The van der Waals surface area contributed by atoms with Crippen LogP contribution >= 0.6 is 0 Å². The molecule has 1 unspecified atom stereocenters. The number of ketones is 1. The Morgan fingerprint density at radius 3 is 2.61 bits per heavy atom. The van der Waals surface area contributed by atoms with Crippen LogP contribution in [0, 0.1) is 46.8 Å². The number of terminal acetylenes is 1. The van der Waals surface area contributed by atoms with Crippen LogP contribution in [0.3, 0.4) is 0 Å². The first kappa shape index (κ1) is 15.7. The van der Waals surface area contributed by atoms with Gasteiger partial charge < -0.3 is 5.11 Å². The van der Waals surface area contributed by atoms with Crippen LogP contribution in [-0.2, 0) is 4.79 Å². The Hall–Kier alpha value is -0.810. The average molecular weight is 314 g/mol. The van der Waals surface area contributed by atoms with Gasteiger partial charge in [-0.2, -0.15) is 0 Å². The van der Waals surface area contributed by atoms with E-state index >= 15 is 0 Å². The van der Waals surface area contributed by atoms with Crippen molar-refractivity contribution in [2.75, 3.05) is 0 Å². The molecule has 4 rings (SSSR count). The summed E-state index contributed by atoms with van der Waals surface area (Å²) < 4.78 is 0. The zero-order valence-electron chi connectivity index (χ0n) is 14.6. The van der Waals surface area contributed by atoms with Crippen molar-refractivity contribution >= 4 is 5.78 Å². The number of carbonyl (C=O) groups is 1. The van der Waals surface area contributed by atoms with Crippen molar-refractivity contribution in [3.63, 3.8) is 0 Å². The molecule has 0 saturated heterocycles. The minimum atomic E-state index is -0.872. The van der Waals surface area contributed by atoms with Gasteiger partial charge in [0, 0.05) is 11.8 Å². The topological polar surface area (TPSA) is 37.3 Å². The molecular formula is C21H30O2. The fourth-order valence-electron chi connectivity index (χ4n) is 7.15. The summed E-state index contributed by atoms with van der Waals surface area (Å²) >= 11 is 0. The lowest BCUT2D eigenvalue weighted by molar-refractivity contribution is -0.146. The molecule has 0 amide bonds. The van der Waals surface area contributed by atoms with Gasteiger partial charge in [-0.15, -0.1) is 6.42 Å². The zero-order valence-corrected chi connectivity index (χ0v) is 14.6. The average Bonchev–Trinajstić information content (AvgIpc) is 2.84. The van der Waals surface area contributed by atoms with Crippen LogP contribution in [-0.4, -0.2) is 16.5 Å². The number of rotatable bonds is 0. The van der Waals surface area contributed by atoms with Crippen molar-refractivity contribution in [2.45, 2.75) is 77.2 Å². The number of fused-ring (bicyclic) bond motifs is 5. The highest BCUT2D eigenvalue weighted by Gasteiger charge is 2.61. The van der Waals surface area contributed by atoms with Gasteiger partial charge in [0.05, 0.1) is 0 Å². The van der Waals surface area contributed by atoms with Gasteiger partial charge in [0.1, 0.15) is 11.4 Å². The molecule has 4 fully saturated rings. The molecular weight excluding hydrogens is 284 g/mol. The van der Waals surface area contributed by atoms with E-state index in [0.717, 1.165) is 50.4 Å². The molecule has 4 saturated carbocycles. The molecule has 0 heterocycles. The SMILES string of the molecule is C#C[C@]1(O)CC[C@@]2(C)C(CC[C@@H]3[C@@H]2CC[C@]2(C)C(=O)CC[C@@H]32)C1. The van der Waals surface area contributed by atoms with E-state index in [0.29, 0.717) is 23.0 Å². The number of hydrogen-bond donors (Lipinski definition) is 1. The van der Waals surface area contributed by atoms with E-state index < -0.39 is 5.60 Å². The molecule has 0 aromatic rings. The predicted molar refractivity (Wildman–Crippen MR) is 90.5 cm³/mol. The largest absolute Gasteiger partial charge is 0.378 e. The fourth-order valence-corrected chi connectivity index (χ4v) is 7.15. The third kappa shape index (κ3) is 2.02. The summed E-state index contributed by atoms with van der Waals surface area (Å²) in [6.07, 6.45) is 14.8. The predicted octanol–water partition coefficient (Wildman–Crippen LogP) is 3.96. The molecule has 0 aromatic heterocycles. The summed E-state index contributed by atoms with van der Waals surface area (Å²) in [5.74, 6) is 5.81. The molecule has 1 N–H and O–H groups in total. The normalized spacial score (nSPS) is 55.5. The zero-order chi connectivity index (χ0) is 16.5. The summed E-state index contributed by atoms with van der Waals surface area (Å²) in [7, 11) is 0. The van der Waals surface area contributed by atoms with E-state index in [1.807, 2.05) is 0 Å². The van der Waals surface area contributed by atoms with Crippen molar-refractivity contribution in [1.29, 1.82) is 0 Å². The minimum absolute atomic E-state index is 0.0292. The lowest BCUT2D eigenvalue weighted by Gasteiger charge is -2.60. The van der Waals surface area contributed by atoms with Gasteiger partial charge in [-0.1, -0.05) is 19.8 Å². The summed E-state index contributed by atoms with van der Waals surface area (Å²) in [5.41, 5.74) is -0.582. The van der Waals surface area contributed by atoms with E-state index in [4.69, 9.17) is 6.42 Å². The van der Waals surface area contributed by atoms with Gasteiger partial charge in [-0.25, -0.2) is 0 Å². The minimum Gasteiger partial charge on any atom is -0.378 e. The molecule has 23 heavy (non-hydrogen) atoms. The molecule has 0 bridgehead atoms. The smallest absolute Gasteiger partial charge is 0.139 e. The molecule has 0 radical (unpaired) electrons.